The summed E-state index contributed by atoms with van der Waals surface area (Å²) in [5, 5.41) is 3.05. The van der Waals surface area contributed by atoms with Crippen molar-refractivity contribution in [2.75, 3.05) is 5.32 Å². The van der Waals surface area contributed by atoms with Crippen LogP contribution in [0.4, 0.5) is 18.9 Å². The van der Waals surface area contributed by atoms with Crippen molar-refractivity contribution < 1.29 is 18.0 Å². The minimum absolute atomic E-state index is 0.125. The topological polar surface area (TPSA) is 64.0 Å². The zero-order chi connectivity index (χ0) is 19.4. The first-order valence-corrected chi connectivity index (χ1v) is 8.26. The smallest absolute Gasteiger partial charge is 0.326 e. The molecule has 0 bridgehead atoms. The van der Waals surface area contributed by atoms with Crippen molar-refractivity contribution in [2.45, 2.75) is 25.6 Å². The number of para-hydroxylation sites is 1. The molecule has 1 aromatic heterocycles. The van der Waals surface area contributed by atoms with Gasteiger partial charge in [0.05, 0.1) is 22.8 Å². The van der Waals surface area contributed by atoms with Crippen LogP contribution in [0, 0.1) is 0 Å². The van der Waals surface area contributed by atoms with Gasteiger partial charge in [-0.25, -0.2) is 4.98 Å². The van der Waals surface area contributed by atoms with Gasteiger partial charge in [-0.05, 0) is 42.8 Å². The van der Waals surface area contributed by atoms with Crippen LogP contribution >= 0.6 is 0 Å². The summed E-state index contributed by atoms with van der Waals surface area (Å²) in [6.07, 6.45) is -2.45. The highest BCUT2D eigenvalue weighted by Gasteiger charge is 2.29. The van der Waals surface area contributed by atoms with E-state index in [1.807, 2.05) is 0 Å². The first-order chi connectivity index (χ1) is 12.8. The molecular weight excluding hydrogens is 359 g/mol. The average Bonchev–Trinajstić information content (AvgIpc) is 2.63. The molecule has 0 fully saturated rings. The fourth-order valence-electron chi connectivity index (χ4n) is 2.64. The molecule has 0 aliphatic heterocycles. The summed E-state index contributed by atoms with van der Waals surface area (Å²) in [4.78, 5) is 28.5. The number of aromatic nitrogens is 2. The van der Waals surface area contributed by atoms with E-state index >= 15 is 0 Å². The number of alkyl halides is 3. The Hall–Kier alpha value is -3.16. The third-order valence-electron chi connectivity index (χ3n) is 4.03. The fraction of sp³-hybridized carbons (Fsp3) is 0.211. The number of amides is 1. The molecule has 0 atom stereocenters. The number of fused-ring (bicyclic) bond motifs is 1. The molecule has 0 aliphatic rings. The third-order valence-corrected chi connectivity index (χ3v) is 4.03. The molecule has 8 heteroatoms. The van der Waals surface area contributed by atoms with E-state index in [9.17, 15) is 22.8 Å². The molecule has 1 heterocycles. The lowest BCUT2D eigenvalue weighted by Crippen LogP contribution is -2.21. The van der Waals surface area contributed by atoms with Crippen molar-refractivity contribution in [3.8, 4) is 0 Å². The second-order valence-electron chi connectivity index (χ2n) is 5.99. The quantitative estimate of drug-likeness (QED) is 0.737. The summed E-state index contributed by atoms with van der Waals surface area (Å²) in [5.74, 6) is -0.337. The zero-order valence-corrected chi connectivity index (χ0v) is 14.2. The van der Waals surface area contributed by atoms with Gasteiger partial charge in [0.1, 0.15) is 0 Å². The number of halogens is 3. The molecule has 3 rings (SSSR count). The number of aryl methyl sites for hydroxylation is 1. The van der Waals surface area contributed by atoms with Crippen molar-refractivity contribution >= 4 is 22.5 Å². The van der Waals surface area contributed by atoms with Crippen LogP contribution in [0.2, 0.25) is 0 Å². The van der Waals surface area contributed by atoms with E-state index in [0.717, 1.165) is 12.1 Å². The number of hydrogen-bond donors (Lipinski definition) is 1. The van der Waals surface area contributed by atoms with Gasteiger partial charge in [-0.2, -0.15) is 13.2 Å². The maximum Gasteiger partial charge on any atom is 0.416 e. The molecule has 2 aromatic carbocycles. The Morgan fingerprint density at radius 2 is 1.78 bits per heavy atom. The van der Waals surface area contributed by atoms with Crippen LogP contribution in [0.1, 0.15) is 18.4 Å². The molecule has 0 unspecified atom stereocenters. The Labute approximate surface area is 152 Å². The van der Waals surface area contributed by atoms with E-state index in [2.05, 4.69) is 10.3 Å². The molecule has 1 N–H and O–H groups in total. The summed E-state index contributed by atoms with van der Waals surface area (Å²) in [7, 11) is 0. The van der Waals surface area contributed by atoms with Gasteiger partial charge in [-0.15, -0.1) is 0 Å². The van der Waals surface area contributed by atoms with Crippen molar-refractivity contribution in [1.29, 1.82) is 0 Å². The van der Waals surface area contributed by atoms with Gasteiger partial charge in [0, 0.05) is 18.7 Å². The Kier molecular flexibility index (Phi) is 5.25. The predicted molar refractivity (Wildman–Crippen MR) is 95.3 cm³/mol. The Bertz CT molecular complexity index is 1010. The average molecular weight is 375 g/mol. The molecule has 0 saturated carbocycles. The number of nitrogens with zero attached hydrogens (tertiary/aromatic N) is 2. The van der Waals surface area contributed by atoms with E-state index in [-0.39, 0.29) is 23.6 Å². The second kappa shape index (κ2) is 7.61. The molecule has 3 aromatic rings. The standard InChI is InChI=1S/C19H16F3N3O2/c20-19(21,22)13-7-9-14(10-8-13)24-17(26)6-3-11-25-12-23-16-5-2-1-4-15(16)18(25)27/h1-2,4-5,7-10,12H,3,6,11H2,(H,24,26). The Morgan fingerprint density at radius 3 is 2.48 bits per heavy atom. The molecule has 0 radical (unpaired) electrons. The minimum atomic E-state index is -4.41. The molecule has 0 saturated heterocycles. The fourth-order valence-corrected chi connectivity index (χ4v) is 2.64. The van der Waals surface area contributed by atoms with Crippen molar-refractivity contribution in [3.63, 3.8) is 0 Å². The largest absolute Gasteiger partial charge is 0.416 e. The predicted octanol–water partition coefficient (Wildman–Crippen LogP) is 3.83. The SMILES string of the molecule is O=C(CCCn1cnc2ccccc2c1=O)Nc1ccc(C(F)(F)F)cc1. The van der Waals surface area contributed by atoms with Gasteiger partial charge < -0.3 is 5.32 Å². The first kappa shape index (κ1) is 18.6. The number of benzene rings is 2. The van der Waals surface area contributed by atoms with Crippen LogP contribution in [-0.4, -0.2) is 15.5 Å². The molecule has 0 aliphatic carbocycles. The zero-order valence-electron chi connectivity index (χ0n) is 14.2. The summed E-state index contributed by atoms with van der Waals surface area (Å²) in [5.41, 5.74) is -0.0521. The second-order valence-corrected chi connectivity index (χ2v) is 5.99. The molecule has 1 amide bonds. The van der Waals surface area contributed by atoms with E-state index in [1.165, 1.54) is 23.0 Å². The third kappa shape index (κ3) is 4.52. The number of hydrogen-bond acceptors (Lipinski definition) is 3. The molecular formula is C19H16F3N3O2. The lowest BCUT2D eigenvalue weighted by atomic mass is 10.2. The minimum Gasteiger partial charge on any atom is -0.326 e. The van der Waals surface area contributed by atoms with Crippen LogP contribution in [0.15, 0.2) is 59.7 Å². The van der Waals surface area contributed by atoms with Gasteiger partial charge in [0.15, 0.2) is 0 Å². The molecule has 0 spiro atoms. The lowest BCUT2D eigenvalue weighted by molar-refractivity contribution is -0.137. The highest BCUT2D eigenvalue weighted by molar-refractivity contribution is 5.90. The van der Waals surface area contributed by atoms with Gasteiger partial charge in [0.25, 0.3) is 5.56 Å². The van der Waals surface area contributed by atoms with Crippen LogP contribution in [0.3, 0.4) is 0 Å². The summed E-state index contributed by atoms with van der Waals surface area (Å²) < 4.78 is 39.0. The van der Waals surface area contributed by atoms with Crippen LogP contribution in [0.25, 0.3) is 10.9 Å². The first-order valence-electron chi connectivity index (χ1n) is 8.26. The number of carbonyl (C=O) groups excluding carboxylic acids is 1. The summed E-state index contributed by atoms with van der Waals surface area (Å²) in [6, 6.07) is 11.2. The molecule has 5 nitrogen and oxygen atoms in total. The summed E-state index contributed by atoms with van der Waals surface area (Å²) >= 11 is 0. The van der Waals surface area contributed by atoms with Gasteiger partial charge >= 0.3 is 6.18 Å². The van der Waals surface area contributed by atoms with Gasteiger partial charge in [-0.1, -0.05) is 12.1 Å². The lowest BCUT2D eigenvalue weighted by Gasteiger charge is -2.09. The monoisotopic (exact) mass is 375 g/mol. The number of nitrogens with one attached hydrogen (secondary N) is 1. The molecule has 27 heavy (non-hydrogen) atoms. The number of anilines is 1. The highest BCUT2D eigenvalue weighted by atomic mass is 19.4. The van der Waals surface area contributed by atoms with E-state index in [4.69, 9.17) is 0 Å². The van der Waals surface area contributed by atoms with Crippen LogP contribution in [0.5, 0.6) is 0 Å². The summed E-state index contributed by atoms with van der Waals surface area (Å²) in [6.45, 7) is 0.317. The van der Waals surface area contributed by atoms with Gasteiger partial charge in [-0.3, -0.25) is 14.2 Å². The van der Waals surface area contributed by atoms with Crippen molar-refractivity contribution in [1.82, 2.24) is 9.55 Å². The Morgan fingerprint density at radius 1 is 1.07 bits per heavy atom. The van der Waals surface area contributed by atoms with E-state index < -0.39 is 11.7 Å². The van der Waals surface area contributed by atoms with Gasteiger partial charge in [0.2, 0.25) is 5.91 Å². The van der Waals surface area contributed by atoms with Crippen molar-refractivity contribution in [2.24, 2.45) is 0 Å². The number of carbonyl (C=O) groups is 1. The maximum absolute atomic E-state index is 12.5. The normalized spacial score (nSPS) is 11.5. The van der Waals surface area contributed by atoms with Crippen LogP contribution < -0.4 is 10.9 Å². The number of rotatable bonds is 5. The Balaban J connectivity index is 1.55. The maximum atomic E-state index is 12.5. The van der Waals surface area contributed by atoms with E-state index in [0.29, 0.717) is 23.9 Å². The molecule has 140 valence electrons. The van der Waals surface area contributed by atoms with Crippen molar-refractivity contribution in [3.05, 3.63) is 70.8 Å². The van der Waals surface area contributed by atoms with E-state index in [1.54, 1.807) is 24.3 Å². The highest BCUT2D eigenvalue weighted by Crippen LogP contribution is 2.29. The van der Waals surface area contributed by atoms with Crippen LogP contribution in [-0.2, 0) is 17.5 Å².